The van der Waals surface area contributed by atoms with E-state index in [0.717, 1.165) is 25.7 Å². The van der Waals surface area contributed by atoms with Gasteiger partial charge in [0.2, 0.25) is 0 Å². The summed E-state index contributed by atoms with van der Waals surface area (Å²) in [7, 11) is 1.76. The van der Waals surface area contributed by atoms with Crippen molar-refractivity contribution in [3.8, 4) is 0 Å². The van der Waals surface area contributed by atoms with Crippen LogP contribution in [0.15, 0.2) is 0 Å². The molecule has 86 valence electrons. The first-order valence-corrected chi connectivity index (χ1v) is 5.84. The summed E-state index contributed by atoms with van der Waals surface area (Å²) < 4.78 is 11.0. The zero-order valence-corrected chi connectivity index (χ0v) is 9.79. The SMILES string of the molecule is CCC1(C)CC2C(OC)CCC2OC1=O. The van der Waals surface area contributed by atoms with Gasteiger partial charge in [-0.2, -0.15) is 0 Å². The van der Waals surface area contributed by atoms with E-state index in [4.69, 9.17) is 9.47 Å². The van der Waals surface area contributed by atoms with Crippen molar-refractivity contribution >= 4 is 5.97 Å². The van der Waals surface area contributed by atoms with Crippen LogP contribution in [0.1, 0.15) is 39.5 Å². The minimum atomic E-state index is -0.289. The third kappa shape index (κ3) is 1.67. The highest BCUT2D eigenvalue weighted by Crippen LogP contribution is 2.45. The van der Waals surface area contributed by atoms with Gasteiger partial charge in [0.25, 0.3) is 0 Å². The quantitative estimate of drug-likeness (QED) is 0.658. The van der Waals surface area contributed by atoms with Crippen molar-refractivity contribution in [3.63, 3.8) is 0 Å². The zero-order chi connectivity index (χ0) is 11.1. The summed E-state index contributed by atoms with van der Waals surface area (Å²) in [5, 5.41) is 0. The van der Waals surface area contributed by atoms with Gasteiger partial charge in [-0.15, -0.1) is 0 Å². The van der Waals surface area contributed by atoms with E-state index < -0.39 is 0 Å². The molecule has 2 rings (SSSR count). The predicted octanol–water partition coefficient (Wildman–Crippen LogP) is 2.14. The standard InChI is InChI=1S/C12H20O3/c1-4-12(2)7-8-9(14-3)5-6-10(8)15-11(12)13/h8-10H,4-7H2,1-3H3. The van der Waals surface area contributed by atoms with E-state index in [1.54, 1.807) is 7.11 Å². The Morgan fingerprint density at radius 3 is 2.87 bits per heavy atom. The average molecular weight is 212 g/mol. The maximum Gasteiger partial charge on any atom is 0.312 e. The molecule has 1 aliphatic carbocycles. The van der Waals surface area contributed by atoms with Gasteiger partial charge >= 0.3 is 5.97 Å². The van der Waals surface area contributed by atoms with Crippen molar-refractivity contribution in [1.29, 1.82) is 0 Å². The number of methoxy groups -OCH3 is 1. The number of rotatable bonds is 2. The summed E-state index contributed by atoms with van der Waals surface area (Å²) in [4.78, 5) is 11.8. The van der Waals surface area contributed by atoms with Crippen LogP contribution in [0.2, 0.25) is 0 Å². The second kappa shape index (κ2) is 3.78. The smallest absolute Gasteiger partial charge is 0.312 e. The molecule has 0 spiro atoms. The lowest BCUT2D eigenvalue weighted by Crippen LogP contribution is -2.44. The van der Waals surface area contributed by atoms with Crippen LogP contribution in [0.25, 0.3) is 0 Å². The Kier molecular flexibility index (Phi) is 2.75. The molecule has 0 amide bonds. The molecular weight excluding hydrogens is 192 g/mol. The first-order chi connectivity index (χ1) is 7.10. The zero-order valence-electron chi connectivity index (χ0n) is 9.79. The summed E-state index contributed by atoms with van der Waals surface area (Å²) in [6.45, 7) is 4.06. The van der Waals surface area contributed by atoms with E-state index in [1.165, 1.54) is 0 Å². The third-order valence-corrected chi connectivity index (χ3v) is 4.21. The molecule has 0 aromatic heterocycles. The van der Waals surface area contributed by atoms with Gasteiger partial charge in [0.05, 0.1) is 11.5 Å². The van der Waals surface area contributed by atoms with Crippen LogP contribution in [0.3, 0.4) is 0 Å². The topological polar surface area (TPSA) is 35.5 Å². The van der Waals surface area contributed by atoms with Gasteiger partial charge in [0.1, 0.15) is 6.10 Å². The molecule has 0 bridgehead atoms. The van der Waals surface area contributed by atoms with Crippen LogP contribution >= 0.6 is 0 Å². The molecular formula is C12H20O3. The largest absolute Gasteiger partial charge is 0.462 e. The van der Waals surface area contributed by atoms with Crippen molar-refractivity contribution in [3.05, 3.63) is 0 Å². The molecule has 4 atom stereocenters. The molecule has 1 saturated carbocycles. The molecule has 0 radical (unpaired) electrons. The Morgan fingerprint density at radius 1 is 1.53 bits per heavy atom. The summed E-state index contributed by atoms with van der Waals surface area (Å²) in [6.07, 6.45) is 4.17. The van der Waals surface area contributed by atoms with Crippen LogP contribution < -0.4 is 0 Å². The normalized spacial score (nSPS) is 45.0. The molecule has 3 nitrogen and oxygen atoms in total. The van der Waals surface area contributed by atoms with Gasteiger partial charge in [-0.25, -0.2) is 0 Å². The minimum Gasteiger partial charge on any atom is -0.462 e. The Balaban J connectivity index is 2.15. The Hall–Kier alpha value is -0.570. The highest BCUT2D eigenvalue weighted by Gasteiger charge is 2.50. The number of fused-ring (bicyclic) bond motifs is 1. The second-order valence-electron chi connectivity index (χ2n) is 5.08. The summed E-state index contributed by atoms with van der Waals surface area (Å²) >= 11 is 0. The lowest BCUT2D eigenvalue weighted by molar-refractivity contribution is -0.176. The monoisotopic (exact) mass is 212 g/mol. The van der Waals surface area contributed by atoms with E-state index >= 15 is 0 Å². The van der Waals surface area contributed by atoms with Gasteiger partial charge in [0.15, 0.2) is 0 Å². The van der Waals surface area contributed by atoms with Crippen molar-refractivity contribution in [2.45, 2.75) is 51.7 Å². The molecule has 4 unspecified atom stereocenters. The van der Waals surface area contributed by atoms with E-state index in [9.17, 15) is 4.79 Å². The lowest BCUT2D eigenvalue weighted by Gasteiger charge is -2.39. The highest BCUT2D eigenvalue weighted by atomic mass is 16.6. The number of hydrogen-bond donors (Lipinski definition) is 0. The molecule has 1 heterocycles. The molecule has 15 heavy (non-hydrogen) atoms. The van der Waals surface area contributed by atoms with Crippen LogP contribution in [0, 0.1) is 11.3 Å². The van der Waals surface area contributed by atoms with Gasteiger partial charge < -0.3 is 9.47 Å². The van der Waals surface area contributed by atoms with Gasteiger partial charge in [-0.1, -0.05) is 6.92 Å². The molecule has 1 aliphatic heterocycles. The van der Waals surface area contributed by atoms with Crippen molar-refractivity contribution in [2.75, 3.05) is 7.11 Å². The fraction of sp³-hybridized carbons (Fsp3) is 0.917. The highest BCUT2D eigenvalue weighted by molar-refractivity contribution is 5.77. The fourth-order valence-corrected chi connectivity index (χ4v) is 2.87. The number of esters is 1. The molecule has 0 aromatic carbocycles. The van der Waals surface area contributed by atoms with E-state index in [-0.39, 0.29) is 23.6 Å². The Morgan fingerprint density at radius 2 is 2.27 bits per heavy atom. The van der Waals surface area contributed by atoms with E-state index in [2.05, 4.69) is 6.92 Å². The van der Waals surface area contributed by atoms with E-state index in [1.807, 2.05) is 6.92 Å². The van der Waals surface area contributed by atoms with Gasteiger partial charge in [-0.3, -0.25) is 4.79 Å². The minimum absolute atomic E-state index is 0.0111. The Bertz CT molecular complexity index is 264. The summed E-state index contributed by atoms with van der Waals surface area (Å²) in [5.74, 6) is 0.403. The molecule has 2 aliphatic rings. The molecule has 0 aromatic rings. The predicted molar refractivity (Wildman–Crippen MR) is 56.4 cm³/mol. The van der Waals surface area contributed by atoms with Crippen molar-refractivity contribution in [1.82, 2.24) is 0 Å². The number of hydrogen-bond acceptors (Lipinski definition) is 3. The number of ether oxygens (including phenoxy) is 2. The molecule has 0 N–H and O–H groups in total. The van der Waals surface area contributed by atoms with Gasteiger partial charge in [0, 0.05) is 13.0 Å². The van der Waals surface area contributed by atoms with Crippen LogP contribution in [-0.2, 0) is 14.3 Å². The van der Waals surface area contributed by atoms with Crippen LogP contribution in [0.5, 0.6) is 0 Å². The Labute approximate surface area is 91.1 Å². The van der Waals surface area contributed by atoms with Crippen molar-refractivity contribution in [2.24, 2.45) is 11.3 Å². The molecule has 3 heteroatoms. The maximum absolute atomic E-state index is 11.8. The number of carbonyl (C=O) groups excluding carboxylic acids is 1. The number of carbonyl (C=O) groups is 1. The fourth-order valence-electron chi connectivity index (χ4n) is 2.87. The average Bonchev–Trinajstić information content (AvgIpc) is 2.61. The molecule has 2 fully saturated rings. The maximum atomic E-state index is 11.8. The lowest BCUT2D eigenvalue weighted by atomic mass is 9.75. The summed E-state index contributed by atoms with van der Waals surface area (Å²) in [6, 6.07) is 0. The molecule has 1 saturated heterocycles. The first kappa shape index (κ1) is 10.9. The van der Waals surface area contributed by atoms with Gasteiger partial charge in [-0.05, 0) is 32.6 Å². The second-order valence-corrected chi connectivity index (χ2v) is 5.08. The van der Waals surface area contributed by atoms with E-state index in [0.29, 0.717) is 5.92 Å². The van der Waals surface area contributed by atoms with Crippen LogP contribution in [-0.4, -0.2) is 25.3 Å². The third-order valence-electron chi connectivity index (χ3n) is 4.21. The van der Waals surface area contributed by atoms with Crippen LogP contribution in [0.4, 0.5) is 0 Å². The first-order valence-electron chi connectivity index (χ1n) is 5.84. The van der Waals surface area contributed by atoms with Crippen molar-refractivity contribution < 1.29 is 14.3 Å². The summed E-state index contributed by atoms with van der Waals surface area (Å²) in [5.41, 5.74) is -0.289.